The lowest BCUT2D eigenvalue weighted by atomic mass is 9.96. The van der Waals surface area contributed by atoms with Crippen molar-refractivity contribution in [2.45, 2.75) is 33.1 Å². The van der Waals surface area contributed by atoms with E-state index in [0.29, 0.717) is 11.1 Å². The molecule has 0 radical (unpaired) electrons. The molecule has 1 aromatic carbocycles. The van der Waals surface area contributed by atoms with Crippen LogP contribution in [-0.4, -0.2) is 4.98 Å². The van der Waals surface area contributed by atoms with Crippen LogP contribution in [0.4, 0.5) is 0 Å². The van der Waals surface area contributed by atoms with Gasteiger partial charge in [-0.3, -0.25) is 0 Å². The average Bonchev–Trinajstić information content (AvgIpc) is 2.39. The average molecular weight is 294 g/mol. The smallest absolute Gasteiger partial charge is 0.129 e. The zero-order valence-electron chi connectivity index (χ0n) is 11.4. The number of aromatic nitrogens is 1. The van der Waals surface area contributed by atoms with Crippen molar-refractivity contribution < 1.29 is 0 Å². The molecule has 0 aliphatic heterocycles. The van der Waals surface area contributed by atoms with Gasteiger partial charge >= 0.3 is 0 Å². The van der Waals surface area contributed by atoms with E-state index in [1.165, 1.54) is 5.56 Å². The highest BCUT2D eigenvalue weighted by Gasteiger charge is 2.11. The Morgan fingerprint density at radius 3 is 2.42 bits per heavy atom. The summed E-state index contributed by atoms with van der Waals surface area (Å²) in [6.45, 7) is 6.42. The van der Waals surface area contributed by atoms with Crippen LogP contribution in [0, 0.1) is 0 Å². The molecule has 0 N–H and O–H groups in total. The summed E-state index contributed by atoms with van der Waals surface area (Å²) in [7, 11) is 0. The second kappa shape index (κ2) is 5.94. The predicted molar refractivity (Wildman–Crippen MR) is 83.2 cm³/mol. The summed E-state index contributed by atoms with van der Waals surface area (Å²) in [6.07, 6.45) is 0.831. The van der Waals surface area contributed by atoms with Crippen LogP contribution in [-0.2, 0) is 6.42 Å². The number of aryl methyl sites for hydroxylation is 1. The molecule has 0 bridgehead atoms. The molecule has 2 rings (SSSR count). The molecule has 1 aromatic heterocycles. The number of hydrogen-bond acceptors (Lipinski definition) is 1. The molecule has 0 aliphatic rings. The fourth-order valence-corrected chi connectivity index (χ4v) is 2.48. The summed E-state index contributed by atoms with van der Waals surface area (Å²) in [6, 6.07) is 10.00. The molecule has 2 aromatic rings. The van der Waals surface area contributed by atoms with E-state index in [0.717, 1.165) is 28.3 Å². The largest absolute Gasteiger partial charge is 0.241 e. The van der Waals surface area contributed by atoms with Gasteiger partial charge < -0.3 is 0 Å². The van der Waals surface area contributed by atoms with E-state index in [-0.39, 0.29) is 0 Å². The van der Waals surface area contributed by atoms with Gasteiger partial charge in [-0.1, -0.05) is 50.0 Å². The summed E-state index contributed by atoms with van der Waals surface area (Å²) in [5, 5.41) is 1.28. The minimum absolute atomic E-state index is 0.473. The molecule has 0 fully saturated rings. The van der Waals surface area contributed by atoms with Crippen molar-refractivity contribution in [3.63, 3.8) is 0 Å². The minimum Gasteiger partial charge on any atom is -0.241 e. The van der Waals surface area contributed by atoms with Crippen LogP contribution in [0.5, 0.6) is 0 Å². The van der Waals surface area contributed by atoms with Gasteiger partial charge in [0.15, 0.2) is 0 Å². The zero-order chi connectivity index (χ0) is 14.0. The van der Waals surface area contributed by atoms with Crippen molar-refractivity contribution in [1.82, 2.24) is 4.98 Å². The first-order valence-corrected chi connectivity index (χ1v) is 7.23. The van der Waals surface area contributed by atoms with Crippen molar-refractivity contribution in [3.05, 3.63) is 51.8 Å². The van der Waals surface area contributed by atoms with Gasteiger partial charge in [0.1, 0.15) is 5.15 Å². The van der Waals surface area contributed by atoms with Gasteiger partial charge in [0.25, 0.3) is 0 Å². The third-order valence-corrected chi connectivity index (χ3v) is 3.76. The molecule has 0 unspecified atom stereocenters. The second-order valence-electron chi connectivity index (χ2n) is 4.88. The molecule has 1 nitrogen and oxygen atoms in total. The van der Waals surface area contributed by atoms with Crippen LogP contribution in [0.1, 0.15) is 37.9 Å². The lowest BCUT2D eigenvalue weighted by Crippen LogP contribution is -1.95. The molecule has 0 aliphatic carbocycles. The lowest BCUT2D eigenvalue weighted by Gasteiger charge is -2.13. The number of hydrogen-bond donors (Lipinski definition) is 0. The molecule has 0 amide bonds. The summed E-state index contributed by atoms with van der Waals surface area (Å²) < 4.78 is 0. The predicted octanol–water partition coefficient (Wildman–Crippen LogP) is 5.74. The monoisotopic (exact) mass is 293 g/mol. The van der Waals surface area contributed by atoms with Gasteiger partial charge in [-0.05, 0) is 42.2 Å². The Kier molecular flexibility index (Phi) is 4.49. The third kappa shape index (κ3) is 3.10. The maximum absolute atomic E-state index is 6.34. The van der Waals surface area contributed by atoms with Crippen molar-refractivity contribution >= 4 is 23.2 Å². The Labute approximate surface area is 124 Å². The van der Waals surface area contributed by atoms with Crippen LogP contribution >= 0.6 is 23.2 Å². The molecular formula is C16H17Cl2N. The first-order chi connectivity index (χ1) is 9.02. The highest BCUT2D eigenvalue weighted by Crippen LogP contribution is 2.33. The van der Waals surface area contributed by atoms with Crippen LogP contribution in [0.2, 0.25) is 10.2 Å². The van der Waals surface area contributed by atoms with E-state index in [1.54, 1.807) is 0 Å². The van der Waals surface area contributed by atoms with Crippen molar-refractivity contribution in [1.29, 1.82) is 0 Å². The van der Waals surface area contributed by atoms with Crippen LogP contribution in [0.15, 0.2) is 30.3 Å². The van der Waals surface area contributed by atoms with Gasteiger partial charge in [-0.15, -0.1) is 0 Å². The van der Waals surface area contributed by atoms with E-state index in [4.69, 9.17) is 23.2 Å². The molecule has 19 heavy (non-hydrogen) atoms. The molecule has 0 spiro atoms. The summed E-state index contributed by atoms with van der Waals surface area (Å²) in [5.74, 6) is 0.473. The van der Waals surface area contributed by atoms with E-state index in [9.17, 15) is 0 Å². The van der Waals surface area contributed by atoms with Crippen molar-refractivity contribution in [2.75, 3.05) is 0 Å². The summed E-state index contributed by atoms with van der Waals surface area (Å²) in [5.41, 5.74) is 4.36. The maximum Gasteiger partial charge on any atom is 0.129 e. The molecule has 1 heterocycles. The number of nitrogens with zero attached hydrogens (tertiary/aromatic N) is 1. The Balaban J connectivity index is 2.61. The van der Waals surface area contributed by atoms with Gasteiger partial charge in [0, 0.05) is 21.8 Å². The van der Waals surface area contributed by atoms with Crippen LogP contribution < -0.4 is 0 Å². The minimum atomic E-state index is 0.473. The molecular weight excluding hydrogens is 277 g/mol. The van der Waals surface area contributed by atoms with E-state index >= 15 is 0 Å². The maximum atomic E-state index is 6.34. The first-order valence-electron chi connectivity index (χ1n) is 6.48. The Morgan fingerprint density at radius 1 is 1.05 bits per heavy atom. The number of rotatable bonds is 3. The fraction of sp³-hybridized carbons (Fsp3) is 0.312. The highest BCUT2D eigenvalue weighted by molar-refractivity contribution is 6.33. The number of benzene rings is 1. The zero-order valence-corrected chi connectivity index (χ0v) is 12.9. The van der Waals surface area contributed by atoms with Gasteiger partial charge in [0.2, 0.25) is 0 Å². The molecule has 0 atom stereocenters. The van der Waals surface area contributed by atoms with Gasteiger partial charge in [0.05, 0.1) is 0 Å². The van der Waals surface area contributed by atoms with E-state index < -0.39 is 0 Å². The molecule has 0 saturated heterocycles. The van der Waals surface area contributed by atoms with E-state index in [1.807, 2.05) is 18.2 Å². The normalized spacial score (nSPS) is 11.1. The summed E-state index contributed by atoms with van der Waals surface area (Å²) >= 11 is 12.3. The van der Waals surface area contributed by atoms with Gasteiger partial charge in [-0.2, -0.15) is 0 Å². The Morgan fingerprint density at radius 2 is 1.79 bits per heavy atom. The number of halogens is 2. The third-order valence-electron chi connectivity index (χ3n) is 3.22. The van der Waals surface area contributed by atoms with Crippen LogP contribution in [0.3, 0.4) is 0 Å². The molecule has 0 saturated carbocycles. The molecule has 3 heteroatoms. The SMILES string of the molecule is CCc1nc(Cl)ccc1-c1cc(C(C)C)ccc1Cl. The van der Waals surface area contributed by atoms with Gasteiger partial charge in [-0.25, -0.2) is 4.98 Å². The second-order valence-corrected chi connectivity index (χ2v) is 5.67. The standard InChI is InChI=1S/C16H17Cl2N/c1-4-15-12(6-8-16(18)19-15)13-9-11(10(2)3)5-7-14(13)17/h5-10H,4H2,1-3H3. The lowest BCUT2D eigenvalue weighted by molar-refractivity contribution is 0.867. The fourth-order valence-electron chi connectivity index (χ4n) is 2.10. The highest BCUT2D eigenvalue weighted by atomic mass is 35.5. The van der Waals surface area contributed by atoms with Crippen molar-refractivity contribution in [3.8, 4) is 11.1 Å². The van der Waals surface area contributed by atoms with Crippen LogP contribution in [0.25, 0.3) is 11.1 Å². The van der Waals surface area contributed by atoms with E-state index in [2.05, 4.69) is 37.9 Å². The van der Waals surface area contributed by atoms with Crippen molar-refractivity contribution in [2.24, 2.45) is 0 Å². The topological polar surface area (TPSA) is 12.9 Å². The quantitative estimate of drug-likeness (QED) is 0.658. The first kappa shape index (κ1) is 14.4. The Hall–Kier alpha value is -1.05. The number of pyridine rings is 1. The summed E-state index contributed by atoms with van der Waals surface area (Å²) in [4.78, 5) is 4.39. The Bertz CT molecular complexity index is 591. The molecule has 100 valence electrons.